The Morgan fingerprint density at radius 1 is 1.18 bits per heavy atom. The van der Waals surface area contributed by atoms with Gasteiger partial charge in [-0.05, 0) is 37.7 Å². The Hall–Kier alpha value is -1.85. The van der Waals surface area contributed by atoms with E-state index in [0.29, 0.717) is 41.0 Å². The third-order valence-corrected chi connectivity index (χ3v) is 5.42. The van der Waals surface area contributed by atoms with Crippen LogP contribution in [-0.4, -0.2) is 36.5 Å². The van der Waals surface area contributed by atoms with Crippen LogP contribution in [0, 0.1) is 5.92 Å². The van der Waals surface area contributed by atoms with Crippen molar-refractivity contribution in [3.63, 3.8) is 0 Å². The van der Waals surface area contributed by atoms with Crippen LogP contribution in [0.1, 0.15) is 41.1 Å². The molecule has 0 spiro atoms. The van der Waals surface area contributed by atoms with E-state index >= 15 is 0 Å². The maximum Gasteiger partial charge on any atom is 0.460 e. The maximum absolute atomic E-state index is 13.6. The number of hydrogen-bond donors (Lipinski definition) is 1. The molecule has 1 aliphatic carbocycles. The summed E-state index contributed by atoms with van der Waals surface area (Å²) < 4.78 is 95.1. The summed E-state index contributed by atoms with van der Waals surface area (Å²) in [6, 6.07) is 0. The van der Waals surface area contributed by atoms with Crippen LogP contribution in [0.2, 0.25) is 0 Å². The van der Waals surface area contributed by atoms with Gasteiger partial charge in [0.2, 0.25) is 0 Å². The first kappa shape index (κ1) is 22.4. The lowest BCUT2D eigenvalue weighted by Gasteiger charge is -2.26. The van der Waals surface area contributed by atoms with Crippen LogP contribution in [0.15, 0.2) is 0 Å². The van der Waals surface area contributed by atoms with Gasteiger partial charge in [0.25, 0.3) is 0 Å². The minimum absolute atomic E-state index is 0.0878. The van der Waals surface area contributed by atoms with Gasteiger partial charge in [-0.25, -0.2) is 4.79 Å². The number of esters is 1. The molecule has 0 saturated carbocycles. The molecule has 0 bridgehead atoms. The summed E-state index contributed by atoms with van der Waals surface area (Å²) in [6.07, 6.45) is -5.20. The quantitative estimate of drug-likeness (QED) is 0.533. The lowest BCUT2D eigenvalue weighted by molar-refractivity contribution is -0.343. The highest BCUT2D eigenvalue weighted by Gasteiger charge is 2.76. The molecular weight excluding hydrogens is 419 g/mol. The van der Waals surface area contributed by atoms with Gasteiger partial charge in [0.05, 0.1) is 12.2 Å². The van der Waals surface area contributed by atoms with Crippen molar-refractivity contribution in [3.8, 4) is 0 Å². The van der Waals surface area contributed by atoms with Crippen molar-refractivity contribution in [1.29, 1.82) is 0 Å². The summed E-state index contributed by atoms with van der Waals surface area (Å²) in [4.78, 5) is 24.4. The Morgan fingerprint density at radius 2 is 1.79 bits per heavy atom. The third kappa shape index (κ3) is 3.83. The Bertz CT molecular complexity index is 773. The molecule has 12 heteroatoms. The topological polar surface area (TPSA) is 55.4 Å². The molecule has 0 unspecified atom stereocenters. The highest BCUT2D eigenvalue weighted by molar-refractivity contribution is 7.17. The monoisotopic (exact) mass is 435 g/mol. The van der Waals surface area contributed by atoms with Crippen molar-refractivity contribution in [2.24, 2.45) is 5.92 Å². The van der Waals surface area contributed by atoms with Crippen molar-refractivity contribution in [2.75, 3.05) is 11.9 Å². The van der Waals surface area contributed by atoms with Gasteiger partial charge in [-0.15, -0.1) is 11.3 Å². The molecule has 1 aromatic heterocycles. The van der Waals surface area contributed by atoms with E-state index in [1.165, 1.54) is 12.2 Å². The van der Waals surface area contributed by atoms with Gasteiger partial charge in [-0.2, -0.15) is 30.7 Å². The molecular formula is C16H16F7NO3S. The van der Waals surface area contributed by atoms with Crippen LogP contribution < -0.4 is 5.32 Å². The molecule has 1 aromatic rings. The first-order chi connectivity index (χ1) is 12.7. The second-order valence-electron chi connectivity index (χ2n) is 6.38. The molecule has 0 aromatic carbocycles. The minimum Gasteiger partial charge on any atom is -0.462 e. The van der Waals surface area contributed by atoms with Crippen LogP contribution >= 0.6 is 11.3 Å². The van der Waals surface area contributed by atoms with E-state index in [-0.39, 0.29) is 18.1 Å². The van der Waals surface area contributed by atoms with Gasteiger partial charge in [0.15, 0.2) is 0 Å². The number of alkyl halides is 7. The molecule has 1 atom stereocenters. The summed E-state index contributed by atoms with van der Waals surface area (Å²) in [5.41, 5.74) is 0.135. The fraction of sp³-hybridized carbons (Fsp3) is 0.625. The number of ether oxygens (including phenoxy) is 1. The molecule has 1 amide bonds. The Kier molecular flexibility index (Phi) is 6.03. The second-order valence-corrected chi connectivity index (χ2v) is 7.48. The van der Waals surface area contributed by atoms with E-state index in [9.17, 15) is 40.3 Å². The summed E-state index contributed by atoms with van der Waals surface area (Å²) >= 11 is 0.690. The predicted molar refractivity (Wildman–Crippen MR) is 86.0 cm³/mol. The molecule has 0 aliphatic heterocycles. The highest BCUT2D eigenvalue weighted by atomic mass is 32.1. The SMILES string of the molecule is CCOC(=O)c1c(NC(=O)C(F)(F)C(F)(F)C(F)(F)F)sc2c1CC[C@H](C)C2. The predicted octanol–water partition coefficient (Wildman–Crippen LogP) is 4.82. The summed E-state index contributed by atoms with van der Waals surface area (Å²) in [5, 5.41) is 0.862. The number of fused-ring (bicyclic) bond motifs is 1. The lowest BCUT2D eigenvalue weighted by Crippen LogP contribution is -2.57. The molecule has 0 radical (unpaired) electrons. The van der Waals surface area contributed by atoms with Crippen LogP contribution in [0.4, 0.5) is 35.7 Å². The zero-order valence-corrected chi connectivity index (χ0v) is 15.5. The highest BCUT2D eigenvalue weighted by Crippen LogP contribution is 2.48. The summed E-state index contributed by atoms with van der Waals surface area (Å²) in [6.45, 7) is 3.27. The number of anilines is 1. The third-order valence-electron chi connectivity index (χ3n) is 4.25. The average Bonchev–Trinajstić information content (AvgIpc) is 2.90. The maximum atomic E-state index is 13.6. The molecule has 28 heavy (non-hydrogen) atoms. The minimum atomic E-state index is -6.64. The number of thiophene rings is 1. The normalized spacial score (nSPS) is 17.8. The van der Waals surface area contributed by atoms with E-state index in [0.717, 1.165) is 0 Å². The Labute approximate surface area is 159 Å². The number of halogens is 7. The zero-order chi connectivity index (χ0) is 21.5. The number of amides is 1. The van der Waals surface area contributed by atoms with Gasteiger partial charge < -0.3 is 10.1 Å². The summed E-state index contributed by atoms with van der Waals surface area (Å²) in [5.74, 6) is -16.3. The fourth-order valence-corrected chi connectivity index (χ4v) is 4.15. The summed E-state index contributed by atoms with van der Waals surface area (Å²) in [7, 11) is 0. The van der Waals surface area contributed by atoms with E-state index in [2.05, 4.69) is 0 Å². The number of carbonyl (C=O) groups is 2. The smallest absolute Gasteiger partial charge is 0.460 e. The standard InChI is InChI=1S/C16H16F7NO3S/c1-3-27-12(25)10-8-5-4-7(2)6-9(8)28-11(10)24-13(26)14(17,18)15(19,20)16(21,22)23/h7H,3-6H2,1-2H3,(H,24,26)/t7-/m0/s1. The van der Waals surface area contributed by atoms with Gasteiger partial charge in [-0.1, -0.05) is 6.92 Å². The molecule has 1 aliphatic rings. The molecule has 1 N–H and O–H groups in total. The Balaban J connectivity index is 2.43. The number of nitrogens with one attached hydrogen (secondary N) is 1. The molecule has 1 heterocycles. The molecule has 0 fully saturated rings. The van der Waals surface area contributed by atoms with Gasteiger partial charge in [0, 0.05) is 4.88 Å². The van der Waals surface area contributed by atoms with Gasteiger partial charge in [-0.3, -0.25) is 4.79 Å². The van der Waals surface area contributed by atoms with E-state index < -0.39 is 34.9 Å². The first-order valence-corrected chi connectivity index (χ1v) is 9.01. The lowest BCUT2D eigenvalue weighted by atomic mass is 9.88. The van der Waals surface area contributed by atoms with E-state index in [4.69, 9.17) is 4.74 Å². The molecule has 0 saturated heterocycles. The van der Waals surface area contributed by atoms with Crippen LogP contribution in [0.3, 0.4) is 0 Å². The van der Waals surface area contributed by atoms with Gasteiger partial charge >= 0.3 is 29.9 Å². The first-order valence-electron chi connectivity index (χ1n) is 8.19. The molecule has 158 valence electrons. The van der Waals surface area contributed by atoms with Gasteiger partial charge in [0.1, 0.15) is 5.00 Å². The largest absolute Gasteiger partial charge is 0.462 e. The van der Waals surface area contributed by atoms with E-state index in [1.807, 2.05) is 6.92 Å². The number of carbonyl (C=O) groups excluding carboxylic acids is 2. The fourth-order valence-electron chi connectivity index (χ4n) is 2.76. The van der Waals surface area contributed by atoms with Crippen LogP contribution in [0.25, 0.3) is 0 Å². The average molecular weight is 435 g/mol. The number of rotatable bonds is 5. The van der Waals surface area contributed by atoms with Crippen molar-refractivity contribution in [2.45, 2.75) is 51.1 Å². The van der Waals surface area contributed by atoms with Crippen LogP contribution in [0.5, 0.6) is 0 Å². The van der Waals surface area contributed by atoms with Crippen molar-refractivity contribution in [1.82, 2.24) is 0 Å². The van der Waals surface area contributed by atoms with Crippen LogP contribution in [-0.2, 0) is 22.4 Å². The second kappa shape index (κ2) is 7.53. The molecule has 4 nitrogen and oxygen atoms in total. The zero-order valence-electron chi connectivity index (χ0n) is 14.7. The number of hydrogen-bond acceptors (Lipinski definition) is 4. The van der Waals surface area contributed by atoms with Crippen molar-refractivity contribution >= 4 is 28.2 Å². The Morgan fingerprint density at radius 3 is 2.32 bits per heavy atom. The van der Waals surface area contributed by atoms with E-state index in [1.54, 1.807) is 0 Å². The molecule has 2 rings (SSSR count). The van der Waals surface area contributed by atoms with Crippen molar-refractivity contribution in [3.05, 3.63) is 16.0 Å². The van der Waals surface area contributed by atoms with Crippen molar-refractivity contribution < 1.29 is 45.1 Å².